The summed E-state index contributed by atoms with van der Waals surface area (Å²) in [5.74, 6) is -2.03. The first-order valence-electron chi connectivity index (χ1n) is 10.7. The Morgan fingerprint density at radius 1 is 1.12 bits per heavy atom. The van der Waals surface area contributed by atoms with Crippen LogP contribution in [-0.4, -0.2) is 59.5 Å². The Kier molecular flexibility index (Phi) is 5.56. The van der Waals surface area contributed by atoms with E-state index in [2.05, 4.69) is 25.9 Å². The van der Waals surface area contributed by atoms with Crippen LogP contribution in [0.5, 0.6) is 5.75 Å². The summed E-state index contributed by atoms with van der Waals surface area (Å²) >= 11 is 1.55. The molecule has 0 saturated carbocycles. The first-order chi connectivity index (χ1) is 16.4. The van der Waals surface area contributed by atoms with Crippen molar-refractivity contribution < 1.29 is 19.1 Å². The van der Waals surface area contributed by atoms with Crippen molar-refractivity contribution in [1.29, 1.82) is 0 Å². The Labute approximate surface area is 199 Å². The number of nitrogens with one attached hydrogen (secondary N) is 2. The summed E-state index contributed by atoms with van der Waals surface area (Å²) in [4.78, 5) is 41.2. The zero-order valence-electron chi connectivity index (χ0n) is 18.4. The molecule has 2 amide bonds. The van der Waals surface area contributed by atoms with Gasteiger partial charge in [-0.1, -0.05) is 53.7 Å². The molecule has 0 aliphatic carbocycles. The molecule has 2 aromatic carbocycles. The number of para-hydroxylation sites is 1. The number of hydrogen-bond donors (Lipinski definition) is 2. The van der Waals surface area contributed by atoms with Crippen LogP contribution in [0.2, 0.25) is 0 Å². The van der Waals surface area contributed by atoms with Gasteiger partial charge in [0.05, 0.1) is 0 Å². The van der Waals surface area contributed by atoms with Gasteiger partial charge in [-0.3, -0.25) is 14.4 Å². The number of rotatable bonds is 6. The average Bonchev–Trinajstić information content (AvgIpc) is 3.43. The molecule has 3 heterocycles. The maximum Gasteiger partial charge on any atom is 0.328 e. The first kappa shape index (κ1) is 22.1. The SMILES string of the molecule is CC1(C)S[C@H]2C(NC(=O)C(C(=O)Oc3ccccc3)c3ccccc3)C(=O)N2C1c1nn[nH]n1. The van der Waals surface area contributed by atoms with E-state index >= 15 is 0 Å². The third-order valence-electron chi connectivity index (χ3n) is 5.94. The van der Waals surface area contributed by atoms with E-state index < -0.39 is 28.6 Å². The van der Waals surface area contributed by atoms with Gasteiger partial charge in [0.25, 0.3) is 0 Å². The number of benzene rings is 2. The lowest BCUT2D eigenvalue weighted by Gasteiger charge is -2.44. The summed E-state index contributed by atoms with van der Waals surface area (Å²) in [5.41, 5.74) is 0.480. The molecule has 2 aliphatic rings. The number of amides is 2. The zero-order valence-corrected chi connectivity index (χ0v) is 19.2. The second kappa shape index (κ2) is 8.56. The number of esters is 1. The zero-order chi connectivity index (χ0) is 23.9. The number of carbonyl (C=O) groups excluding carboxylic acids is 3. The van der Waals surface area contributed by atoms with E-state index in [9.17, 15) is 14.4 Å². The number of aromatic amines is 1. The minimum absolute atomic E-state index is 0.255. The van der Waals surface area contributed by atoms with Crippen LogP contribution in [0, 0.1) is 0 Å². The van der Waals surface area contributed by atoms with Crippen molar-refractivity contribution in [3.8, 4) is 5.75 Å². The van der Waals surface area contributed by atoms with Crippen molar-refractivity contribution in [2.45, 2.75) is 42.0 Å². The Morgan fingerprint density at radius 2 is 1.79 bits per heavy atom. The number of aromatic nitrogens is 4. The molecule has 2 fully saturated rings. The highest BCUT2D eigenvalue weighted by atomic mass is 32.2. The number of carbonyl (C=O) groups is 3. The fourth-order valence-corrected chi connectivity index (χ4v) is 6.02. The lowest BCUT2D eigenvalue weighted by molar-refractivity contribution is -0.153. The monoisotopic (exact) mass is 478 g/mol. The number of tetrazole rings is 1. The Balaban J connectivity index is 1.36. The lowest BCUT2D eigenvalue weighted by Crippen LogP contribution is -2.68. The molecule has 34 heavy (non-hydrogen) atoms. The average molecular weight is 479 g/mol. The number of thioether (sulfide) groups is 1. The predicted molar refractivity (Wildman–Crippen MR) is 122 cm³/mol. The van der Waals surface area contributed by atoms with Gasteiger partial charge in [-0.15, -0.1) is 22.0 Å². The highest BCUT2D eigenvalue weighted by molar-refractivity contribution is 8.01. The Bertz CT molecular complexity index is 1200. The number of H-pyrrole nitrogens is 1. The van der Waals surface area contributed by atoms with Crippen molar-refractivity contribution in [2.24, 2.45) is 0 Å². The maximum atomic E-state index is 13.4. The van der Waals surface area contributed by atoms with E-state index in [1.165, 1.54) is 0 Å². The van der Waals surface area contributed by atoms with E-state index in [0.717, 1.165) is 0 Å². The van der Waals surface area contributed by atoms with Gasteiger partial charge >= 0.3 is 5.97 Å². The van der Waals surface area contributed by atoms with Crippen molar-refractivity contribution in [2.75, 3.05) is 0 Å². The maximum absolute atomic E-state index is 13.4. The summed E-state index contributed by atoms with van der Waals surface area (Å²) in [6.07, 6.45) is 0. The van der Waals surface area contributed by atoms with Gasteiger partial charge in [0.15, 0.2) is 11.7 Å². The number of β-lactam (4-membered cyclic amide) rings is 1. The smallest absolute Gasteiger partial charge is 0.328 e. The molecule has 0 spiro atoms. The van der Waals surface area contributed by atoms with Crippen LogP contribution in [0.4, 0.5) is 0 Å². The van der Waals surface area contributed by atoms with Crippen LogP contribution in [0.25, 0.3) is 0 Å². The molecule has 0 radical (unpaired) electrons. The molecule has 4 atom stereocenters. The summed E-state index contributed by atoms with van der Waals surface area (Å²) in [6.45, 7) is 3.99. The summed E-state index contributed by atoms with van der Waals surface area (Å²) in [6, 6.07) is 16.1. The third kappa shape index (κ3) is 3.81. The molecule has 2 saturated heterocycles. The van der Waals surface area contributed by atoms with Crippen LogP contribution < -0.4 is 10.1 Å². The van der Waals surface area contributed by atoms with Crippen LogP contribution in [0.3, 0.4) is 0 Å². The molecule has 1 aromatic heterocycles. The molecule has 5 rings (SSSR count). The largest absolute Gasteiger partial charge is 0.426 e. The molecule has 3 aromatic rings. The molecule has 3 unspecified atom stereocenters. The van der Waals surface area contributed by atoms with E-state index in [1.54, 1.807) is 77.3 Å². The van der Waals surface area contributed by atoms with E-state index in [1.807, 2.05) is 13.8 Å². The van der Waals surface area contributed by atoms with Gasteiger partial charge in [0.2, 0.25) is 11.8 Å². The van der Waals surface area contributed by atoms with Crippen molar-refractivity contribution in [1.82, 2.24) is 30.8 Å². The summed E-state index contributed by atoms with van der Waals surface area (Å²) in [5, 5.41) is 16.6. The number of fused-ring (bicyclic) bond motifs is 1. The third-order valence-corrected chi connectivity index (χ3v) is 7.51. The second-order valence-corrected chi connectivity index (χ2v) is 10.4. The fourth-order valence-electron chi connectivity index (χ4n) is 4.39. The van der Waals surface area contributed by atoms with Gasteiger partial charge < -0.3 is 15.0 Å². The summed E-state index contributed by atoms with van der Waals surface area (Å²) in [7, 11) is 0. The van der Waals surface area contributed by atoms with Crippen LogP contribution in [-0.2, 0) is 14.4 Å². The quantitative estimate of drug-likeness (QED) is 0.237. The van der Waals surface area contributed by atoms with E-state index in [4.69, 9.17) is 4.74 Å². The van der Waals surface area contributed by atoms with Crippen molar-refractivity contribution >= 4 is 29.5 Å². The van der Waals surface area contributed by atoms with Gasteiger partial charge in [-0.2, -0.15) is 5.21 Å². The van der Waals surface area contributed by atoms with Crippen LogP contribution in [0.15, 0.2) is 60.7 Å². The Hall–Kier alpha value is -3.73. The summed E-state index contributed by atoms with van der Waals surface area (Å²) < 4.78 is 5.08. The van der Waals surface area contributed by atoms with Gasteiger partial charge in [-0.25, -0.2) is 0 Å². The predicted octanol–water partition coefficient (Wildman–Crippen LogP) is 1.81. The van der Waals surface area contributed by atoms with Crippen molar-refractivity contribution in [3.05, 3.63) is 72.1 Å². The minimum Gasteiger partial charge on any atom is -0.426 e. The van der Waals surface area contributed by atoms with Crippen molar-refractivity contribution in [3.63, 3.8) is 0 Å². The van der Waals surface area contributed by atoms with Gasteiger partial charge in [0, 0.05) is 4.75 Å². The molecular weight excluding hydrogens is 456 g/mol. The normalized spacial score (nSPS) is 23.5. The second-order valence-electron chi connectivity index (χ2n) is 8.59. The molecule has 10 nitrogen and oxygen atoms in total. The minimum atomic E-state index is -1.23. The molecular formula is C23H22N6O4S. The van der Waals surface area contributed by atoms with E-state index in [0.29, 0.717) is 17.1 Å². The fraction of sp³-hybridized carbons (Fsp3) is 0.304. The van der Waals surface area contributed by atoms with Crippen LogP contribution >= 0.6 is 11.8 Å². The topological polar surface area (TPSA) is 130 Å². The standard InChI is InChI=1S/C23H22N6O4S/c1-23(2)17(18-25-27-28-26-18)29-20(31)16(21(29)34-23)24-19(30)15(13-9-5-3-6-10-13)22(32)33-14-11-7-4-8-12-14/h3-12,15-17,21H,1-2H3,(H,24,30)(H,25,26,27,28)/t15?,16?,17?,21-/m0/s1. The Morgan fingerprint density at radius 3 is 2.44 bits per heavy atom. The highest BCUT2D eigenvalue weighted by Gasteiger charge is 2.63. The highest BCUT2D eigenvalue weighted by Crippen LogP contribution is 2.56. The molecule has 174 valence electrons. The number of hydrogen-bond acceptors (Lipinski definition) is 8. The lowest BCUT2D eigenvalue weighted by atomic mass is 9.94. The molecule has 2 N–H and O–H groups in total. The molecule has 2 aliphatic heterocycles. The number of nitrogens with zero attached hydrogens (tertiary/aromatic N) is 4. The van der Waals surface area contributed by atoms with Gasteiger partial charge in [0.1, 0.15) is 23.2 Å². The van der Waals surface area contributed by atoms with Crippen LogP contribution in [0.1, 0.15) is 37.2 Å². The first-order valence-corrected chi connectivity index (χ1v) is 11.6. The molecule has 11 heteroatoms. The van der Waals surface area contributed by atoms with E-state index in [-0.39, 0.29) is 17.3 Å². The number of ether oxygens (including phenoxy) is 1. The molecule has 0 bridgehead atoms. The van der Waals surface area contributed by atoms with Gasteiger partial charge in [-0.05, 0) is 31.5 Å².